The highest BCUT2D eigenvalue weighted by Gasteiger charge is 2.33. The molecule has 1 aliphatic heterocycles. The summed E-state index contributed by atoms with van der Waals surface area (Å²) in [6, 6.07) is 0.332. The molecule has 0 bridgehead atoms. The van der Waals surface area contributed by atoms with Crippen LogP contribution in [0.25, 0.3) is 0 Å². The molecule has 0 saturated carbocycles. The van der Waals surface area contributed by atoms with E-state index in [9.17, 15) is 8.42 Å². The smallest absolute Gasteiger partial charge is 0.213 e. The van der Waals surface area contributed by atoms with Gasteiger partial charge in [0.05, 0.1) is 5.25 Å². The molecule has 0 aromatic rings. The number of hydrogen-bond acceptors (Lipinski definition) is 3. The van der Waals surface area contributed by atoms with Gasteiger partial charge in [-0.05, 0) is 20.4 Å². The minimum Gasteiger partial charge on any atom is -0.302 e. The van der Waals surface area contributed by atoms with Crippen LogP contribution in [0.3, 0.4) is 0 Å². The molecule has 0 aromatic heterocycles. The first-order valence-electron chi connectivity index (χ1n) is 3.63. The lowest BCUT2D eigenvalue weighted by Gasteiger charge is -2.12. The van der Waals surface area contributed by atoms with E-state index in [1.165, 1.54) is 0 Å². The molecule has 1 heterocycles. The molecule has 2 N–H and O–H groups in total. The van der Waals surface area contributed by atoms with Crippen LogP contribution >= 0.6 is 0 Å². The lowest BCUT2D eigenvalue weighted by molar-refractivity contribution is 0.331. The number of likely N-dealkylation sites (tertiary alicyclic amines) is 1. The van der Waals surface area contributed by atoms with Crippen LogP contribution in [0.5, 0.6) is 0 Å². The van der Waals surface area contributed by atoms with E-state index < -0.39 is 10.0 Å². The number of sulfonamides is 1. The van der Waals surface area contributed by atoms with Gasteiger partial charge in [0.15, 0.2) is 0 Å². The molecule has 2 atom stereocenters. The molecule has 11 heavy (non-hydrogen) atoms. The first kappa shape index (κ1) is 8.96. The van der Waals surface area contributed by atoms with Gasteiger partial charge in [-0.3, -0.25) is 0 Å². The highest BCUT2D eigenvalue weighted by atomic mass is 32.2. The van der Waals surface area contributed by atoms with Crippen LogP contribution in [0.2, 0.25) is 0 Å². The van der Waals surface area contributed by atoms with E-state index in [1.54, 1.807) is 0 Å². The van der Waals surface area contributed by atoms with Crippen molar-refractivity contribution in [2.45, 2.75) is 24.6 Å². The normalized spacial score (nSPS) is 34.5. The molecule has 5 heteroatoms. The van der Waals surface area contributed by atoms with Crippen LogP contribution in [0.4, 0.5) is 0 Å². The molecule has 4 nitrogen and oxygen atoms in total. The van der Waals surface area contributed by atoms with Crippen molar-refractivity contribution in [3.05, 3.63) is 0 Å². The Hall–Kier alpha value is -0.130. The average Bonchev–Trinajstić information content (AvgIpc) is 2.11. The van der Waals surface area contributed by atoms with Crippen LogP contribution < -0.4 is 5.14 Å². The van der Waals surface area contributed by atoms with E-state index >= 15 is 0 Å². The Balaban J connectivity index is 2.69. The van der Waals surface area contributed by atoms with E-state index in [0.717, 1.165) is 0 Å². The summed E-state index contributed by atoms with van der Waals surface area (Å²) in [7, 11) is -1.40. The Morgan fingerprint density at radius 1 is 1.55 bits per heavy atom. The van der Waals surface area contributed by atoms with Gasteiger partial charge in [0.1, 0.15) is 0 Å². The lowest BCUT2D eigenvalue weighted by atomic mass is 10.2. The molecule has 0 aromatic carbocycles. The second-order valence-corrected chi connectivity index (χ2v) is 5.08. The van der Waals surface area contributed by atoms with E-state index in [2.05, 4.69) is 0 Å². The molecule has 0 amide bonds. The predicted molar refractivity (Wildman–Crippen MR) is 43.6 cm³/mol. The maximum Gasteiger partial charge on any atom is 0.213 e. The van der Waals surface area contributed by atoms with Gasteiger partial charge in [-0.1, -0.05) is 0 Å². The van der Waals surface area contributed by atoms with Gasteiger partial charge in [0, 0.05) is 12.6 Å². The van der Waals surface area contributed by atoms with Gasteiger partial charge < -0.3 is 4.90 Å². The van der Waals surface area contributed by atoms with Gasteiger partial charge in [-0.2, -0.15) is 0 Å². The largest absolute Gasteiger partial charge is 0.302 e. The minimum atomic E-state index is -3.31. The zero-order valence-corrected chi connectivity index (χ0v) is 7.63. The fourth-order valence-corrected chi connectivity index (χ4v) is 2.36. The summed E-state index contributed by atoms with van der Waals surface area (Å²) in [5, 5.41) is 4.65. The molecule has 1 fully saturated rings. The number of nitrogens with zero attached hydrogens (tertiary/aromatic N) is 1. The van der Waals surface area contributed by atoms with Gasteiger partial charge in [-0.15, -0.1) is 0 Å². The topological polar surface area (TPSA) is 63.4 Å². The van der Waals surface area contributed by atoms with Crippen molar-refractivity contribution in [2.75, 3.05) is 13.6 Å². The molecule has 1 saturated heterocycles. The van der Waals surface area contributed by atoms with Crippen molar-refractivity contribution in [1.82, 2.24) is 4.90 Å². The molecule has 2 unspecified atom stereocenters. The Bertz CT molecular complexity index is 227. The second kappa shape index (κ2) is 2.73. The van der Waals surface area contributed by atoms with Crippen molar-refractivity contribution in [3.8, 4) is 0 Å². The van der Waals surface area contributed by atoms with Crippen LogP contribution in [-0.4, -0.2) is 38.2 Å². The predicted octanol–water partition coefficient (Wildman–Crippen LogP) is -0.632. The number of rotatable bonds is 1. The van der Waals surface area contributed by atoms with Gasteiger partial charge in [0.25, 0.3) is 0 Å². The Morgan fingerprint density at radius 2 is 2.09 bits per heavy atom. The van der Waals surface area contributed by atoms with Crippen LogP contribution in [-0.2, 0) is 10.0 Å². The highest BCUT2D eigenvalue weighted by molar-refractivity contribution is 7.89. The van der Waals surface area contributed by atoms with E-state index in [0.29, 0.717) is 19.0 Å². The minimum absolute atomic E-state index is 0.332. The summed E-state index contributed by atoms with van der Waals surface area (Å²) < 4.78 is 21.8. The lowest BCUT2D eigenvalue weighted by Crippen LogP contribution is -2.30. The average molecular weight is 178 g/mol. The summed E-state index contributed by atoms with van der Waals surface area (Å²) in [6.45, 7) is 2.57. The Kier molecular flexibility index (Phi) is 2.22. The third-order valence-corrected chi connectivity index (χ3v) is 3.58. The zero-order valence-electron chi connectivity index (χ0n) is 6.82. The molecule has 0 spiro atoms. The first-order valence-corrected chi connectivity index (χ1v) is 5.24. The molecule has 1 aliphatic rings. The summed E-state index contributed by atoms with van der Waals surface area (Å²) in [5.41, 5.74) is 0. The van der Waals surface area contributed by atoms with Crippen molar-refractivity contribution < 1.29 is 8.42 Å². The summed E-state index contributed by atoms with van der Waals surface area (Å²) >= 11 is 0. The summed E-state index contributed by atoms with van der Waals surface area (Å²) in [4.78, 5) is 2.01. The fraction of sp³-hybridized carbons (Fsp3) is 1.00. The van der Waals surface area contributed by atoms with Gasteiger partial charge in [-0.25, -0.2) is 13.6 Å². The maximum absolute atomic E-state index is 10.9. The highest BCUT2D eigenvalue weighted by Crippen LogP contribution is 2.19. The summed E-state index contributed by atoms with van der Waals surface area (Å²) in [6.07, 6.45) is 0.662. The quantitative estimate of drug-likeness (QED) is 0.581. The van der Waals surface area contributed by atoms with Gasteiger partial charge in [0.2, 0.25) is 10.0 Å². The zero-order chi connectivity index (χ0) is 8.65. The summed E-state index contributed by atoms with van der Waals surface area (Å²) in [5.74, 6) is 0. The van der Waals surface area contributed by atoms with E-state index in [1.807, 2.05) is 18.9 Å². The standard InChI is InChI=1S/C6H14N2O2S/c1-5-3-6(4-8(5)2)11(7,9)10/h5-6H,3-4H2,1-2H3,(H2,7,9,10). The van der Waals surface area contributed by atoms with Crippen LogP contribution in [0.1, 0.15) is 13.3 Å². The fourth-order valence-electron chi connectivity index (χ4n) is 1.37. The number of hydrogen-bond donors (Lipinski definition) is 1. The molecule has 0 aliphatic carbocycles. The second-order valence-electron chi connectivity index (χ2n) is 3.24. The van der Waals surface area contributed by atoms with Crippen molar-refractivity contribution in [2.24, 2.45) is 5.14 Å². The Labute approximate surface area is 67.4 Å². The first-order chi connectivity index (χ1) is 4.91. The van der Waals surface area contributed by atoms with Crippen molar-refractivity contribution >= 4 is 10.0 Å². The molecular weight excluding hydrogens is 164 g/mol. The van der Waals surface area contributed by atoms with Crippen molar-refractivity contribution in [3.63, 3.8) is 0 Å². The molecule has 1 rings (SSSR count). The monoisotopic (exact) mass is 178 g/mol. The third-order valence-electron chi connectivity index (χ3n) is 2.31. The van der Waals surface area contributed by atoms with E-state index in [-0.39, 0.29) is 5.25 Å². The maximum atomic E-state index is 10.9. The Morgan fingerprint density at radius 3 is 2.27 bits per heavy atom. The van der Waals surface area contributed by atoms with E-state index in [4.69, 9.17) is 5.14 Å². The van der Waals surface area contributed by atoms with Crippen LogP contribution in [0, 0.1) is 0 Å². The molecular formula is C6H14N2O2S. The molecule has 66 valence electrons. The molecule has 0 radical (unpaired) electrons. The third kappa shape index (κ3) is 1.91. The number of nitrogens with two attached hydrogens (primary N) is 1. The SMILES string of the molecule is CC1CC(S(N)(=O)=O)CN1C. The van der Waals surface area contributed by atoms with Crippen LogP contribution in [0.15, 0.2) is 0 Å². The number of primary sulfonamides is 1. The van der Waals surface area contributed by atoms with Gasteiger partial charge >= 0.3 is 0 Å². The van der Waals surface area contributed by atoms with Crippen molar-refractivity contribution in [1.29, 1.82) is 0 Å².